The summed E-state index contributed by atoms with van der Waals surface area (Å²) in [6, 6.07) is 6.88. The highest BCUT2D eigenvalue weighted by Gasteiger charge is 2.34. The van der Waals surface area contributed by atoms with Crippen molar-refractivity contribution >= 4 is 22.2 Å². The third-order valence-corrected chi connectivity index (χ3v) is 5.57. The van der Waals surface area contributed by atoms with Crippen molar-refractivity contribution in [1.82, 2.24) is 9.97 Å². The van der Waals surface area contributed by atoms with E-state index in [4.69, 9.17) is 4.74 Å². The summed E-state index contributed by atoms with van der Waals surface area (Å²) in [5, 5.41) is 2.60. The molecule has 0 bridgehead atoms. The maximum Gasteiger partial charge on any atom is 0.419 e. The molecule has 1 aromatic carbocycles. The molecule has 0 unspecified atom stereocenters. The average molecular weight is 468 g/mol. The number of hydrogen-bond acceptors (Lipinski definition) is 5. The Balaban J connectivity index is 1.70. The molecule has 0 saturated carbocycles. The molecule has 0 aliphatic rings. The Hall–Kier alpha value is -2.68. The highest BCUT2D eigenvalue weighted by molar-refractivity contribution is 7.14. The number of hydrogen-bond donors (Lipinski definition) is 1. The number of anilines is 2. The van der Waals surface area contributed by atoms with E-state index in [1.54, 1.807) is 18.3 Å². The number of nitrogens with zero attached hydrogens (tertiary/aromatic N) is 2. The van der Waals surface area contributed by atoms with Gasteiger partial charge in [-0.3, -0.25) is 4.98 Å². The van der Waals surface area contributed by atoms with Crippen LogP contribution >= 0.6 is 11.3 Å². The lowest BCUT2D eigenvalue weighted by atomic mass is 10.1. The summed E-state index contributed by atoms with van der Waals surface area (Å²) >= 11 is 0.771. The Bertz CT molecular complexity index is 993. The molecular weight excluding hydrogens is 442 g/mol. The van der Waals surface area contributed by atoms with Crippen molar-refractivity contribution in [3.05, 3.63) is 53.4 Å². The van der Waals surface area contributed by atoms with Crippen LogP contribution in [0.4, 0.5) is 28.4 Å². The predicted octanol–water partition coefficient (Wildman–Crippen LogP) is 7.85. The monoisotopic (exact) mass is 467 g/mol. The number of alkyl halides is 3. The number of rotatable bonds is 11. The molecule has 0 aliphatic carbocycles. The Morgan fingerprint density at radius 1 is 1.06 bits per heavy atom. The quantitative estimate of drug-likeness (QED) is 0.230. The zero-order valence-corrected chi connectivity index (χ0v) is 18.5. The molecule has 0 atom stereocenters. The van der Waals surface area contributed by atoms with Gasteiger partial charge in [0, 0.05) is 29.7 Å². The molecule has 9 heteroatoms. The van der Waals surface area contributed by atoms with Crippen LogP contribution in [0, 0.1) is 5.13 Å². The first-order valence-electron chi connectivity index (χ1n) is 10.6. The molecule has 2 aromatic heterocycles. The Morgan fingerprint density at radius 2 is 1.84 bits per heavy atom. The van der Waals surface area contributed by atoms with E-state index in [0.717, 1.165) is 49.5 Å². The van der Waals surface area contributed by atoms with Gasteiger partial charge >= 0.3 is 6.18 Å². The largest absolute Gasteiger partial charge is 0.493 e. The average Bonchev–Trinajstić information content (AvgIpc) is 3.13. The molecule has 3 aromatic rings. The van der Waals surface area contributed by atoms with E-state index in [1.807, 2.05) is 0 Å². The molecule has 2 heterocycles. The fourth-order valence-corrected chi connectivity index (χ4v) is 3.91. The predicted molar refractivity (Wildman–Crippen MR) is 119 cm³/mol. The summed E-state index contributed by atoms with van der Waals surface area (Å²) in [5.41, 5.74) is 0.152. The van der Waals surface area contributed by atoms with Crippen LogP contribution in [0.2, 0.25) is 0 Å². The molecule has 0 amide bonds. The van der Waals surface area contributed by atoms with Crippen molar-refractivity contribution in [2.24, 2.45) is 0 Å². The van der Waals surface area contributed by atoms with Crippen LogP contribution in [0.5, 0.6) is 5.75 Å². The summed E-state index contributed by atoms with van der Waals surface area (Å²) in [6.45, 7) is 2.33. The third kappa shape index (κ3) is 6.66. The van der Waals surface area contributed by atoms with Crippen LogP contribution in [0.3, 0.4) is 0 Å². The normalized spacial score (nSPS) is 11.5. The second-order valence-electron chi connectivity index (χ2n) is 7.33. The lowest BCUT2D eigenvalue weighted by Crippen LogP contribution is -2.10. The fraction of sp³-hybridized carbons (Fsp3) is 0.391. The van der Waals surface area contributed by atoms with Gasteiger partial charge in [0.2, 0.25) is 5.13 Å². The molecule has 0 saturated heterocycles. The van der Waals surface area contributed by atoms with Crippen molar-refractivity contribution in [3.63, 3.8) is 0 Å². The number of aromatic nitrogens is 2. The van der Waals surface area contributed by atoms with Gasteiger partial charge in [0.15, 0.2) is 5.13 Å². The molecule has 3 rings (SSSR count). The van der Waals surface area contributed by atoms with Crippen molar-refractivity contribution in [2.45, 2.75) is 51.6 Å². The van der Waals surface area contributed by atoms with Crippen molar-refractivity contribution in [3.8, 4) is 17.0 Å². The zero-order chi connectivity index (χ0) is 23.0. The van der Waals surface area contributed by atoms with E-state index >= 15 is 0 Å². The maximum absolute atomic E-state index is 14.3. The van der Waals surface area contributed by atoms with Gasteiger partial charge in [-0.2, -0.15) is 17.6 Å². The Morgan fingerprint density at radius 3 is 2.56 bits per heavy atom. The van der Waals surface area contributed by atoms with Crippen LogP contribution < -0.4 is 10.1 Å². The van der Waals surface area contributed by atoms with Gasteiger partial charge in [0.25, 0.3) is 0 Å². The van der Waals surface area contributed by atoms with E-state index in [1.165, 1.54) is 18.3 Å². The highest BCUT2D eigenvalue weighted by Crippen LogP contribution is 2.39. The number of thiazole rings is 1. The topological polar surface area (TPSA) is 47.0 Å². The molecule has 0 radical (unpaired) electrons. The highest BCUT2D eigenvalue weighted by atomic mass is 32.1. The zero-order valence-electron chi connectivity index (χ0n) is 17.7. The minimum absolute atomic E-state index is 0.136. The summed E-state index contributed by atoms with van der Waals surface area (Å²) in [5.74, 6) is -0.249. The second-order valence-corrected chi connectivity index (χ2v) is 8.28. The fourth-order valence-electron chi connectivity index (χ4n) is 3.18. The first kappa shape index (κ1) is 24.0. The van der Waals surface area contributed by atoms with Gasteiger partial charge in [-0.05, 0) is 30.7 Å². The van der Waals surface area contributed by atoms with Gasteiger partial charge in [-0.1, -0.05) is 50.4 Å². The second kappa shape index (κ2) is 11.3. The Labute approximate surface area is 188 Å². The summed E-state index contributed by atoms with van der Waals surface area (Å²) in [7, 11) is 0. The van der Waals surface area contributed by atoms with Gasteiger partial charge < -0.3 is 10.1 Å². The van der Waals surface area contributed by atoms with Crippen LogP contribution in [-0.2, 0) is 6.18 Å². The van der Waals surface area contributed by atoms with E-state index in [0.29, 0.717) is 17.7 Å². The van der Waals surface area contributed by atoms with Crippen LogP contribution in [-0.4, -0.2) is 16.6 Å². The molecule has 0 aliphatic heterocycles. The van der Waals surface area contributed by atoms with Gasteiger partial charge in [0.1, 0.15) is 11.4 Å². The first-order chi connectivity index (χ1) is 15.4. The lowest BCUT2D eigenvalue weighted by molar-refractivity contribution is -0.138. The number of unbranched alkanes of at least 4 members (excludes halogenated alkanes) is 5. The summed E-state index contributed by atoms with van der Waals surface area (Å²) < 4.78 is 60.0. The van der Waals surface area contributed by atoms with E-state index < -0.39 is 16.9 Å². The van der Waals surface area contributed by atoms with E-state index in [9.17, 15) is 17.6 Å². The molecule has 0 fully saturated rings. The number of benzene rings is 1. The van der Waals surface area contributed by atoms with Crippen LogP contribution in [0.25, 0.3) is 11.3 Å². The first-order valence-corrected chi connectivity index (χ1v) is 11.4. The summed E-state index contributed by atoms with van der Waals surface area (Å²) in [6.07, 6.45) is 4.59. The standard InChI is InChI=1S/C23H25F4N3OS/c1-2-3-4-5-6-7-13-31-19-14-17(10-11-18(19)23(25,26)27)29-22-30-20(21(24)32-22)16-9-8-12-28-15-16/h8-12,14-15H,2-7,13H2,1H3,(H,29,30). The molecule has 172 valence electrons. The molecule has 1 N–H and O–H groups in total. The van der Waals surface area contributed by atoms with Gasteiger partial charge in [-0.25, -0.2) is 4.98 Å². The molecular formula is C23H25F4N3OS. The number of pyridine rings is 1. The lowest BCUT2D eigenvalue weighted by Gasteiger charge is -2.15. The van der Waals surface area contributed by atoms with Crippen LogP contribution in [0.15, 0.2) is 42.7 Å². The minimum Gasteiger partial charge on any atom is -0.493 e. The van der Waals surface area contributed by atoms with Crippen molar-refractivity contribution < 1.29 is 22.3 Å². The number of nitrogens with one attached hydrogen (secondary N) is 1. The van der Waals surface area contributed by atoms with Crippen LogP contribution in [0.1, 0.15) is 51.0 Å². The Kier molecular flexibility index (Phi) is 8.44. The van der Waals surface area contributed by atoms with Crippen molar-refractivity contribution in [2.75, 3.05) is 11.9 Å². The molecule has 0 spiro atoms. The van der Waals surface area contributed by atoms with Gasteiger partial charge in [0.05, 0.1) is 12.2 Å². The van der Waals surface area contributed by atoms with E-state index in [2.05, 4.69) is 22.2 Å². The maximum atomic E-state index is 14.3. The molecule has 32 heavy (non-hydrogen) atoms. The smallest absolute Gasteiger partial charge is 0.419 e. The minimum atomic E-state index is -4.53. The third-order valence-electron chi connectivity index (χ3n) is 4.81. The summed E-state index contributed by atoms with van der Waals surface area (Å²) in [4.78, 5) is 8.17. The van der Waals surface area contributed by atoms with Gasteiger partial charge in [-0.15, -0.1) is 0 Å². The van der Waals surface area contributed by atoms with Crippen molar-refractivity contribution in [1.29, 1.82) is 0 Å². The van der Waals surface area contributed by atoms with E-state index in [-0.39, 0.29) is 23.2 Å². The molecule has 4 nitrogen and oxygen atoms in total. The number of ether oxygens (including phenoxy) is 1. The SMILES string of the molecule is CCCCCCCCOc1cc(Nc2nc(-c3cccnc3)c(F)s2)ccc1C(F)(F)F. The number of halogens is 4.